The lowest BCUT2D eigenvalue weighted by atomic mass is 10.1. The van der Waals surface area contributed by atoms with Gasteiger partial charge in [-0.05, 0) is 30.6 Å². The molecule has 0 saturated heterocycles. The van der Waals surface area contributed by atoms with Gasteiger partial charge in [-0.3, -0.25) is 4.79 Å². The fourth-order valence-electron chi connectivity index (χ4n) is 1.33. The van der Waals surface area contributed by atoms with Crippen molar-refractivity contribution in [1.29, 1.82) is 0 Å². The highest BCUT2D eigenvalue weighted by molar-refractivity contribution is 7.99. The standard InChI is InChI=1S/C10H16OS/c1-3-9(11)7-10(12-4-2)8-5-6-8/h3,8,10H,1,4-7H2,2H3. The predicted octanol–water partition coefficient (Wildman–Crippen LogP) is 2.66. The first-order chi connectivity index (χ1) is 5.77. The Bertz CT molecular complexity index is 173. The van der Waals surface area contributed by atoms with Crippen LogP contribution in [0.4, 0.5) is 0 Å². The van der Waals surface area contributed by atoms with Crippen molar-refractivity contribution in [2.75, 3.05) is 5.75 Å². The summed E-state index contributed by atoms with van der Waals surface area (Å²) in [4.78, 5) is 11.1. The highest BCUT2D eigenvalue weighted by Gasteiger charge is 2.31. The van der Waals surface area contributed by atoms with E-state index in [0.717, 1.165) is 11.7 Å². The van der Waals surface area contributed by atoms with Crippen LogP contribution in [-0.2, 0) is 4.79 Å². The van der Waals surface area contributed by atoms with E-state index in [-0.39, 0.29) is 5.78 Å². The maximum atomic E-state index is 11.1. The number of rotatable bonds is 6. The first-order valence-corrected chi connectivity index (χ1v) is 5.59. The second-order valence-corrected chi connectivity index (χ2v) is 4.72. The molecule has 68 valence electrons. The summed E-state index contributed by atoms with van der Waals surface area (Å²) >= 11 is 1.92. The molecule has 0 amide bonds. The van der Waals surface area contributed by atoms with Crippen molar-refractivity contribution >= 4 is 17.5 Å². The van der Waals surface area contributed by atoms with E-state index in [0.29, 0.717) is 11.7 Å². The number of hydrogen-bond donors (Lipinski definition) is 0. The summed E-state index contributed by atoms with van der Waals surface area (Å²) in [5.41, 5.74) is 0. The molecule has 0 aromatic rings. The van der Waals surface area contributed by atoms with Gasteiger partial charge in [0.15, 0.2) is 5.78 Å². The van der Waals surface area contributed by atoms with Crippen molar-refractivity contribution in [1.82, 2.24) is 0 Å². The molecule has 0 aromatic heterocycles. The zero-order valence-electron chi connectivity index (χ0n) is 7.58. The third-order valence-electron chi connectivity index (χ3n) is 2.16. The van der Waals surface area contributed by atoms with Gasteiger partial charge in [-0.25, -0.2) is 0 Å². The molecular weight excluding hydrogens is 168 g/mol. The Labute approximate surface area is 78.6 Å². The lowest BCUT2D eigenvalue weighted by molar-refractivity contribution is -0.114. The van der Waals surface area contributed by atoms with Gasteiger partial charge in [0.05, 0.1) is 0 Å². The van der Waals surface area contributed by atoms with Gasteiger partial charge in [0.2, 0.25) is 0 Å². The van der Waals surface area contributed by atoms with Crippen molar-refractivity contribution in [3.05, 3.63) is 12.7 Å². The molecule has 1 aliphatic carbocycles. The first kappa shape index (κ1) is 9.85. The van der Waals surface area contributed by atoms with E-state index in [1.54, 1.807) is 0 Å². The third-order valence-corrected chi connectivity index (χ3v) is 3.47. The molecule has 0 bridgehead atoms. The average Bonchev–Trinajstić information content (AvgIpc) is 2.86. The molecule has 1 saturated carbocycles. The Morgan fingerprint density at radius 2 is 2.42 bits per heavy atom. The Hall–Kier alpha value is -0.240. The minimum Gasteiger partial charge on any atom is -0.295 e. The van der Waals surface area contributed by atoms with Crippen LogP contribution in [0.3, 0.4) is 0 Å². The quantitative estimate of drug-likeness (QED) is 0.590. The van der Waals surface area contributed by atoms with Crippen LogP contribution >= 0.6 is 11.8 Å². The van der Waals surface area contributed by atoms with Gasteiger partial charge in [-0.15, -0.1) is 0 Å². The molecule has 1 rings (SSSR count). The summed E-state index contributed by atoms with van der Waals surface area (Å²) in [6, 6.07) is 0. The second-order valence-electron chi connectivity index (χ2n) is 3.21. The third kappa shape index (κ3) is 3.02. The number of carbonyl (C=O) groups excluding carboxylic acids is 1. The number of allylic oxidation sites excluding steroid dienone is 1. The van der Waals surface area contributed by atoms with E-state index < -0.39 is 0 Å². The number of hydrogen-bond acceptors (Lipinski definition) is 2. The van der Waals surface area contributed by atoms with Gasteiger partial charge in [0.1, 0.15) is 0 Å². The van der Waals surface area contributed by atoms with Crippen molar-refractivity contribution < 1.29 is 4.79 Å². The van der Waals surface area contributed by atoms with E-state index in [2.05, 4.69) is 13.5 Å². The highest BCUT2D eigenvalue weighted by atomic mass is 32.2. The molecule has 0 aromatic carbocycles. The molecule has 0 aliphatic heterocycles. The summed E-state index contributed by atoms with van der Waals surface area (Å²) in [5, 5.41) is 0.570. The zero-order valence-corrected chi connectivity index (χ0v) is 8.40. The lowest BCUT2D eigenvalue weighted by Crippen LogP contribution is -2.11. The maximum absolute atomic E-state index is 11.1. The first-order valence-electron chi connectivity index (χ1n) is 4.54. The summed E-state index contributed by atoms with van der Waals surface area (Å²) in [6.45, 7) is 5.65. The van der Waals surface area contributed by atoms with Crippen molar-refractivity contribution in [3.8, 4) is 0 Å². The molecule has 1 fully saturated rings. The van der Waals surface area contributed by atoms with Gasteiger partial charge in [-0.1, -0.05) is 13.5 Å². The normalized spacial score (nSPS) is 18.8. The molecular formula is C10H16OS. The van der Waals surface area contributed by atoms with Crippen LogP contribution in [-0.4, -0.2) is 16.8 Å². The molecule has 1 unspecified atom stereocenters. The topological polar surface area (TPSA) is 17.1 Å². The smallest absolute Gasteiger partial charge is 0.156 e. The number of thioether (sulfide) groups is 1. The average molecular weight is 184 g/mol. The van der Waals surface area contributed by atoms with Crippen molar-refractivity contribution in [3.63, 3.8) is 0 Å². The Morgan fingerprint density at radius 3 is 2.83 bits per heavy atom. The van der Waals surface area contributed by atoms with Crippen LogP contribution in [0.1, 0.15) is 26.2 Å². The van der Waals surface area contributed by atoms with Gasteiger partial charge < -0.3 is 0 Å². The molecule has 2 heteroatoms. The highest BCUT2D eigenvalue weighted by Crippen LogP contribution is 2.40. The number of carbonyl (C=O) groups is 1. The Morgan fingerprint density at radius 1 is 1.75 bits per heavy atom. The van der Waals surface area contributed by atoms with E-state index >= 15 is 0 Å². The molecule has 0 heterocycles. The summed E-state index contributed by atoms with van der Waals surface area (Å²) in [5.74, 6) is 2.14. The maximum Gasteiger partial charge on any atom is 0.156 e. The van der Waals surface area contributed by atoms with Crippen LogP contribution in [0.2, 0.25) is 0 Å². The van der Waals surface area contributed by atoms with E-state index in [9.17, 15) is 4.79 Å². The Balaban J connectivity index is 2.31. The van der Waals surface area contributed by atoms with Crippen LogP contribution in [0.25, 0.3) is 0 Å². The monoisotopic (exact) mass is 184 g/mol. The molecule has 0 N–H and O–H groups in total. The van der Waals surface area contributed by atoms with Crippen LogP contribution < -0.4 is 0 Å². The predicted molar refractivity (Wildman–Crippen MR) is 54.5 cm³/mol. The second kappa shape index (κ2) is 4.70. The van der Waals surface area contributed by atoms with Crippen LogP contribution in [0, 0.1) is 5.92 Å². The summed E-state index contributed by atoms with van der Waals surface area (Å²) < 4.78 is 0. The van der Waals surface area contributed by atoms with Crippen LogP contribution in [0.5, 0.6) is 0 Å². The van der Waals surface area contributed by atoms with Crippen molar-refractivity contribution in [2.45, 2.75) is 31.4 Å². The summed E-state index contributed by atoms with van der Waals surface area (Å²) in [6.07, 6.45) is 4.79. The van der Waals surface area contributed by atoms with E-state index in [1.807, 2.05) is 11.8 Å². The molecule has 12 heavy (non-hydrogen) atoms. The summed E-state index contributed by atoms with van der Waals surface area (Å²) in [7, 11) is 0. The fraction of sp³-hybridized carbons (Fsp3) is 0.700. The zero-order chi connectivity index (χ0) is 8.97. The molecule has 1 atom stereocenters. The van der Waals surface area contributed by atoms with Gasteiger partial charge in [0.25, 0.3) is 0 Å². The van der Waals surface area contributed by atoms with Gasteiger partial charge in [-0.2, -0.15) is 11.8 Å². The van der Waals surface area contributed by atoms with Crippen LogP contribution in [0.15, 0.2) is 12.7 Å². The van der Waals surface area contributed by atoms with E-state index in [4.69, 9.17) is 0 Å². The minimum absolute atomic E-state index is 0.202. The molecule has 0 radical (unpaired) electrons. The van der Waals surface area contributed by atoms with Gasteiger partial charge in [0, 0.05) is 11.7 Å². The molecule has 1 aliphatic rings. The van der Waals surface area contributed by atoms with E-state index in [1.165, 1.54) is 18.9 Å². The Kier molecular flexibility index (Phi) is 3.86. The molecule has 1 nitrogen and oxygen atoms in total. The fourth-order valence-corrected chi connectivity index (χ4v) is 2.58. The SMILES string of the molecule is C=CC(=O)CC(SCC)C1CC1. The molecule has 0 spiro atoms. The van der Waals surface area contributed by atoms with Gasteiger partial charge >= 0.3 is 0 Å². The van der Waals surface area contributed by atoms with Crippen molar-refractivity contribution in [2.24, 2.45) is 5.92 Å². The number of ketones is 1. The lowest BCUT2D eigenvalue weighted by Gasteiger charge is -2.12. The largest absolute Gasteiger partial charge is 0.295 e. The minimum atomic E-state index is 0.202.